The van der Waals surface area contributed by atoms with Gasteiger partial charge in [-0.05, 0) is 20.3 Å². The van der Waals surface area contributed by atoms with E-state index in [1.807, 2.05) is 0 Å². The normalized spacial score (nSPS) is 26.9. The molecule has 1 amide bonds. The van der Waals surface area contributed by atoms with E-state index in [2.05, 4.69) is 10.5 Å². The van der Waals surface area contributed by atoms with Crippen LogP contribution in [0.15, 0.2) is 10.6 Å². The zero-order chi connectivity index (χ0) is 12.7. The highest BCUT2D eigenvalue weighted by molar-refractivity contribution is 7.91. The molecule has 6 nitrogen and oxygen atoms in total. The van der Waals surface area contributed by atoms with Crippen molar-refractivity contribution in [2.45, 2.75) is 25.8 Å². The average molecular weight is 258 g/mol. The lowest BCUT2D eigenvalue weighted by Gasteiger charge is -2.22. The highest BCUT2D eigenvalue weighted by Gasteiger charge is 2.39. The van der Waals surface area contributed by atoms with E-state index in [0.29, 0.717) is 12.2 Å². The Bertz CT molecular complexity index is 548. The summed E-state index contributed by atoms with van der Waals surface area (Å²) < 4.78 is 27.6. The number of carbonyl (C=O) groups excluding carboxylic acids is 1. The number of hydrogen-bond acceptors (Lipinski definition) is 5. The fourth-order valence-electron chi connectivity index (χ4n) is 1.92. The summed E-state index contributed by atoms with van der Waals surface area (Å²) in [4.78, 5) is 11.8. The van der Waals surface area contributed by atoms with Crippen molar-refractivity contribution in [1.82, 2.24) is 10.5 Å². The molecule has 1 fully saturated rings. The van der Waals surface area contributed by atoms with E-state index in [0.717, 1.165) is 0 Å². The van der Waals surface area contributed by atoms with E-state index in [-0.39, 0.29) is 17.2 Å². The molecule has 0 bridgehead atoms. The minimum absolute atomic E-state index is 0.0252. The molecule has 1 aliphatic heterocycles. The molecule has 0 aromatic carbocycles. The van der Waals surface area contributed by atoms with E-state index in [1.54, 1.807) is 13.8 Å². The number of carbonyl (C=O) groups is 1. The van der Waals surface area contributed by atoms with Gasteiger partial charge in [-0.1, -0.05) is 5.16 Å². The number of aryl methyl sites for hydroxylation is 1. The molecule has 0 radical (unpaired) electrons. The second-order valence-electron chi connectivity index (χ2n) is 4.68. The Labute approximate surface area is 99.3 Å². The van der Waals surface area contributed by atoms with E-state index < -0.39 is 21.3 Å². The van der Waals surface area contributed by atoms with Gasteiger partial charge >= 0.3 is 0 Å². The third-order valence-electron chi connectivity index (χ3n) is 2.78. The molecular formula is C10H14N2O4S. The lowest BCUT2D eigenvalue weighted by molar-refractivity contribution is 0.0906. The number of nitrogens with one attached hydrogen (secondary N) is 1. The fraction of sp³-hybridized carbons (Fsp3) is 0.600. The highest BCUT2D eigenvalue weighted by atomic mass is 32.2. The molecule has 7 heteroatoms. The van der Waals surface area contributed by atoms with Crippen LogP contribution in [-0.2, 0) is 9.84 Å². The van der Waals surface area contributed by atoms with Crippen LogP contribution in [0.5, 0.6) is 0 Å². The smallest absolute Gasteiger partial charge is 0.273 e. The molecule has 0 unspecified atom stereocenters. The van der Waals surface area contributed by atoms with Crippen molar-refractivity contribution < 1.29 is 17.7 Å². The summed E-state index contributed by atoms with van der Waals surface area (Å²) in [5, 5.41) is 6.29. The number of hydrogen-bond donors (Lipinski definition) is 1. The van der Waals surface area contributed by atoms with Gasteiger partial charge in [0, 0.05) is 6.07 Å². The van der Waals surface area contributed by atoms with Crippen molar-refractivity contribution in [2.24, 2.45) is 0 Å². The van der Waals surface area contributed by atoms with Crippen LogP contribution in [-0.4, -0.2) is 36.5 Å². The van der Waals surface area contributed by atoms with Gasteiger partial charge in [0.15, 0.2) is 15.5 Å². The third-order valence-corrected chi connectivity index (χ3v) is 4.68. The molecule has 2 rings (SSSR count). The van der Waals surface area contributed by atoms with E-state index >= 15 is 0 Å². The Morgan fingerprint density at radius 3 is 2.76 bits per heavy atom. The summed E-state index contributed by atoms with van der Waals surface area (Å²) in [5.41, 5.74) is -0.531. The van der Waals surface area contributed by atoms with E-state index in [4.69, 9.17) is 4.52 Å². The summed E-state index contributed by atoms with van der Waals surface area (Å²) in [6, 6.07) is 1.52. The lowest BCUT2D eigenvalue weighted by Crippen LogP contribution is -2.47. The van der Waals surface area contributed by atoms with Gasteiger partial charge in [-0.2, -0.15) is 0 Å². The predicted molar refractivity (Wildman–Crippen MR) is 60.4 cm³/mol. The van der Waals surface area contributed by atoms with Crippen LogP contribution >= 0.6 is 0 Å². The van der Waals surface area contributed by atoms with Gasteiger partial charge in [0.2, 0.25) is 0 Å². The fourth-order valence-corrected chi connectivity index (χ4v) is 4.01. The molecule has 1 atom stereocenters. The average Bonchev–Trinajstić information content (AvgIpc) is 2.71. The second-order valence-corrected chi connectivity index (χ2v) is 6.86. The number of rotatable bonds is 2. The molecule has 17 heavy (non-hydrogen) atoms. The number of aromatic nitrogens is 1. The Kier molecular flexibility index (Phi) is 2.73. The maximum atomic E-state index is 11.8. The summed E-state index contributed by atoms with van der Waals surface area (Å²) in [7, 11) is -3.04. The van der Waals surface area contributed by atoms with Gasteiger partial charge in [-0.15, -0.1) is 0 Å². The van der Waals surface area contributed by atoms with Crippen molar-refractivity contribution in [1.29, 1.82) is 0 Å². The molecule has 1 N–H and O–H groups in total. The largest absolute Gasteiger partial charge is 0.361 e. The van der Waals surface area contributed by atoms with Gasteiger partial charge in [-0.25, -0.2) is 8.42 Å². The first-order valence-electron chi connectivity index (χ1n) is 5.26. The molecule has 94 valence electrons. The SMILES string of the molecule is Cc1cc(C(=O)N[C@@]2(C)CCS(=O)(=O)C2)no1. The molecule has 1 aromatic heterocycles. The van der Waals surface area contributed by atoms with Crippen LogP contribution in [0.3, 0.4) is 0 Å². The summed E-state index contributed by atoms with van der Waals surface area (Å²) in [5.74, 6) is 0.227. The van der Waals surface area contributed by atoms with Gasteiger partial charge in [0.1, 0.15) is 5.76 Å². The standard InChI is InChI=1S/C10H14N2O4S/c1-7-5-8(12-16-7)9(13)11-10(2)3-4-17(14,15)6-10/h5H,3-4,6H2,1-2H3,(H,11,13)/t10-/m0/s1. The number of nitrogens with zero attached hydrogens (tertiary/aromatic N) is 1. The number of amides is 1. The van der Waals surface area contributed by atoms with Crippen LogP contribution in [0.25, 0.3) is 0 Å². The van der Waals surface area contributed by atoms with Crippen molar-refractivity contribution in [3.8, 4) is 0 Å². The Balaban J connectivity index is 2.10. The van der Waals surface area contributed by atoms with Crippen LogP contribution in [0.1, 0.15) is 29.6 Å². The molecule has 1 aromatic rings. The first-order valence-corrected chi connectivity index (χ1v) is 7.08. The van der Waals surface area contributed by atoms with E-state index in [9.17, 15) is 13.2 Å². The Morgan fingerprint density at radius 1 is 1.59 bits per heavy atom. The minimum Gasteiger partial charge on any atom is -0.361 e. The summed E-state index contributed by atoms with van der Waals surface area (Å²) in [6.07, 6.45) is 0.428. The maximum absolute atomic E-state index is 11.8. The molecule has 1 saturated heterocycles. The zero-order valence-electron chi connectivity index (χ0n) is 9.69. The lowest BCUT2D eigenvalue weighted by atomic mass is 10.0. The molecule has 0 saturated carbocycles. The van der Waals surface area contributed by atoms with Crippen molar-refractivity contribution in [2.75, 3.05) is 11.5 Å². The van der Waals surface area contributed by atoms with Gasteiger partial charge in [-0.3, -0.25) is 4.79 Å². The monoisotopic (exact) mass is 258 g/mol. The quantitative estimate of drug-likeness (QED) is 0.823. The first kappa shape index (κ1) is 12.1. The second kappa shape index (κ2) is 3.83. The summed E-state index contributed by atoms with van der Waals surface area (Å²) >= 11 is 0. The molecule has 0 aliphatic carbocycles. The predicted octanol–water partition coefficient (Wildman–Crippen LogP) is 0.290. The molecule has 2 heterocycles. The Hall–Kier alpha value is -1.37. The third kappa shape index (κ3) is 2.66. The number of sulfone groups is 1. The topological polar surface area (TPSA) is 89.3 Å². The van der Waals surface area contributed by atoms with E-state index in [1.165, 1.54) is 6.07 Å². The maximum Gasteiger partial charge on any atom is 0.273 e. The first-order chi connectivity index (χ1) is 7.80. The molecule has 1 aliphatic rings. The highest BCUT2D eigenvalue weighted by Crippen LogP contribution is 2.23. The Morgan fingerprint density at radius 2 is 2.29 bits per heavy atom. The van der Waals surface area contributed by atoms with Gasteiger partial charge in [0.25, 0.3) is 5.91 Å². The zero-order valence-corrected chi connectivity index (χ0v) is 10.5. The molecular weight excluding hydrogens is 244 g/mol. The van der Waals surface area contributed by atoms with Crippen molar-refractivity contribution in [3.63, 3.8) is 0 Å². The van der Waals surface area contributed by atoms with Gasteiger partial charge < -0.3 is 9.84 Å². The van der Waals surface area contributed by atoms with Gasteiger partial charge in [0.05, 0.1) is 17.0 Å². The molecule has 0 spiro atoms. The van der Waals surface area contributed by atoms with Crippen LogP contribution in [0.2, 0.25) is 0 Å². The summed E-state index contributed by atoms with van der Waals surface area (Å²) in [6.45, 7) is 3.41. The van der Waals surface area contributed by atoms with Crippen molar-refractivity contribution >= 4 is 15.7 Å². The van der Waals surface area contributed by atoms with Crippen LogP contribution < -0.4 is 5.32 Å². The minimum atomic E-state index is -3.04. The van der Waals surface area contributed by atoms with Crippen LogP contribution in [0.4, 0.5) is 0 Å². The van der Waals surface area contributed by atoms with Crippen LogP contribution in [0, 0.1) is 6.92 Å². The van der Waals surface area contributed by atoms with Crippen molar-refractivity contribution in [3.05, 3.63) is 17.5 Å².